The molecule has 0 unspecified atom stereocenters. The minimum absolute atomic E-state index is 0.0193. The summed E-state index contributed by atoms with van der Waals surface area (Å²) in [6.45, 7) is 4.10. The van der Waals surface area contributed by atoms with E-state index in [1.807, 2.05) is 13.8 Å². The molecular formula is C13H14F3N3OS2. The van der Waals surface area contributed by atoms with Crippen LogP contribution in [0, 0.1) is 6.92 Å². The summed E-state index contributed by atoms with van der Waals surface area (Å²) in [6, 6.07) is 0. The zero-order valence-electron chi connectivity index (χ0n) is 12.1. The minimum atomic E-state index is -4.51. The summed E-state index contributed by atoms with van der Waals surface area (Å²) in [5.41, 5.74) is 0.590. The number of carbonyl (C=O) groups is 1. The Morgan fingerprint density at radius 3 is 2.41 bits per heavy atom. The van der Waals surface area contributed by atoms with E-state index in [0.717, 1.165) is 11.3 Å². The molecule has 120 valence electrons. The summed E-state index contributed by atoms with van der Waals surface area (Å²) in [4.78, 5) is 21.2. The second-order valence-corrected chi connectivity index (χ2v) is 6.73. The highest BCUT2D eigenvalue weighted by Gasteiger charge is 2.36. The predicted octanol–water partition coefficient (Wildman–Crippen LogP) is 4.24. The summed E-state index contributed by atoms with van der Waals surface area (Å²) in [7, 11) is 0. The third-order valence-electron chi connectivity index (χ3n) is 2.66. The molecule has 0 saturated heterocycles. The Morgan fingerprint density at radius 2 is 1.95 bits per heavy atom. The lowest BCUT2D eigenvalue weighted by atomic mass is 10.2. The summed E-state index contributed by atoms with van der Waals surface area (Å²) >= 11 is 2.27. The molecule has 1 amide bonds. The molecule has 2 rings (SSSR count). The fourth-order valence-electron chi connectivity index (χ4n) is 1.66. The molecular weight excluding hydrogens is 335 g/mol. The smallest absolute Gasteiger partial charge is 0.273 e. The highest BCUT2D eigenvalue weighted by molar-refractivity contribution is 7.14. The van der Waals surface area contributed by atoms with E-state index in [1.54, 1.807) is 12.3 Å². The zero-order chi connectivity index (χ0) is 16.5. The van der Waals surface area contributed by atoms with Gasteiger partial charge in [0.2, 0.25) is 0 Å². The van der Waals surface area contributed by atoms with Gasteiger partial charge in [-0.2, -0.15) is 13.2 Å². The van der Waals surface area contributed by atoms with Gasteiger partial charge in [-0.05, 0) is 6.92 Å². The Hall–Kier alpha value is -1.48. The lowest BCUT2D eigenvalue weighted by Gasteiger charge is -2.20. The molecule has 0 aliphatic rings. The van der Waals surface area contributed by atoms with Gasteiger partial charge < -0.3 is 0 Å². The number of anilines is 1. The van der Waals surface area contributed by atoms with Crippen LogP contribution < -0.4 is 4.90 Å². The molecule has 0 aliphatic carbocycles. The van der Waals surface area contributed by atoms with E-state index in [0.29, 0.717) is 15.6 Å². The van der Waals surface area contributed by atoms with Crippen molar-refractivity contribution >= 4 is 33.7 Å². The van der Waals surface area contributed by atoms with E-state index in [-0.39, 0.29) is 16.7 Å². The van der Waals surface area contributed by atoms with Gasteiger partial charge in [0.05, 0.1) is 10.7 Å². The van der Waals surface area contributed by atoms with Crippen LogP contribution in [0.1, 0.15) is 41.0 Å². The largest absolute Gasteiger partial charge is 0.406 e. The Bertz CT molecular complexity index is 664. The highest BCUT2D eigenvalue weighted by atomic mass is 32.1. The van der Waals surface area contributed by atoms with Crippen LogP contribution in [0.4, 0.5) is 18.3 Å². The van der Waals surface area contributed by atoms with E-state index in [1.165, 1.54) is 16.7 Å². The van der Waals surface area contributed by atoms with Crippen molar-refractivity contribution in [2.75, 3.05) is 11.4 Å². The number of amides is 1. The first-order valence-electron chi connectivity index (χ1n) is 6.43. The molecule has 0 atom stereocenters. The molecule has 2 heterocycles. The second kappa shape index (κ2) is 6.33. The Kier molecular flexibility index (Phi) is 4.86. The van der Waals surface area contributed by atoms with Crippen LogP contribution in [0.3, 0.4) is 0 Å². The number of hydrogen-bond acceptors (Lipinski definition) is 5. The first kappa shape index (κ1) is 16.9. The predicted molar refractivity (Wildman–Crippen MR) is 80.8 cm³/mol. The zero-order valence-corrected chi connectivity index (χ0v) is 13.8. The number of halogens is 3. The van der Waals surface area contributed by atoms with Gasteiger partial charge in [0.25, 0.3) is 5.91 Å². The maximum absolute atomic E-state index is 12.8. The molecule has 0 fully saturated rings. The van der Waals surface area contributed by atoms with Crippen molar-refractivity contribution in [3.8, 4) is 0 Å². The van der Waals surface area contributed by atoms with E-state index in [4.69, 9.17) is 0 Å². The summed E-state index contributed by atoms with van der Waals surface area (Å²) in [5.74, 6) is -0.667. The molecule has 0 aliphatic heterocycles. The van der Waals surface area contributed by atoms with Crippen LogP contribution in [-0.2, 0) is 0 Å². The van der Waals surface area contributed by atoms with Gasteiger partial charge in [-0.1, -0.05) is 13.8 Å². The SMILES string of the molecule is Cc1csc(N(CC(F)(F)F)C(=O)c2csc(C(C)C)n2)n1. The van der Waals surface area contributed by atoms with Crippen LogP contribution in [0.5, 0.6) is 0 Å². The minimum Gasteiger partial charge on any atom is -0.273 e. The van der Waals surface area contributed by atoms with Gasteiger partial charge in [-0.25, -0.2) is 9.97 Å². The van der Waals surface area contributed by atoms with Gasteiger partial charge in [-0.3, -0.25) is 9.69 Å². The van der Waals surface area contributed by atoms with E-state index < -0.39 is 18.6 Å². The molecule has 2 aromatic heterocycles. The lowest BCUT2D eigenvalue weighted by molar-refractivity contribution is -0.118. The summed E-state index contributed by atoms with van der Waals surface area (Å²) in [5, 5.41) is 3.83. The monoisotopic (exact) mass is 349 g/mol. The number of aromatic nitrogens is 2. The van der Waals surface area contributed by atoms with Crippen LogP contribution in [0.25, 0.3) is 0 Å². The number of thiazole rings is 2. The fraction of sp³-hybridized carbons (Fsp3) is 0.462. The van der Waals surface area contributed by atoms with Crippen molar-refractivity contribution in [3.63, 3.8) is 0 Å². The van der Waals surface area contributed by atoms with Crippen LogP contribution >= 0.6 is 22.7 Å². The molecule has 0 spiro atoms. The first-order valence-corrected chi connectivity index (χ1v) is 8.19. The van der Waals surface area contributed by atoms with Gasteiger partial charge in [0.15, 0.2) is 5.13 Å². The molecule has 0 aromatic carbocycles. The number of hydrogen-bond donors (Lipinski definition) is 0. The van der Waals surface area contributed by atoms with Crippen LogP contribution in [0.2, 0.25) is 0 Å². The van der Waals surface area contributed by atoms with Crippen molar-refractivity contribution in [3.05, 3.63) is 27.2 Å². The third-order valence-corrected chi connectivity index (χ3v) is 4.78. The molecule has 22 heavy (non-hydrogen) atoms. The lowest BCUT2D eigenvalue weighted by Crippen LogP contribution is -2.39. The molecule has 0 saturated carbocycles. The Morgan fingerprint density at radius 1 is 1.27 bits per heavy atom. The molecule has 0 N–H and O–H groups in total. The summed E-state index contributed by atoms with van der Waals surface area (Å²) in [6.07, 6.45) is -4.51. The maximum Gasteiger partial charge on any atom is 0.406 e. The first-order chi connectivity index (χ1) is 10.2. The molecule has 0 bridgehead atoms. The topological polar surface area (TPSA) is 46.1 Å². The second-order valence-electron chi connectivity index (χ2n) is 5.00. The molecule has 2 aromatic rings. The van der Waals surface area contributed by atoms with Crippen molar-refractivity contribution in [1.82, 2.24) is 9.97 Å². The molecule has 0 radical (unpaired) electrons. The van der Waals surface area contributed by atoms with E-state index in [2.05, 4.69) is 9.97 Å². The van der Waals surface area contributed by atoms with Crippen molar-refractivity contribution in [1.29, 1.82) is 0 Å². The van der Waals surface area contributed by atoms with Crippen molar-refractivity contribution < 1.29 is 18.0 Å². The molecule has 4 nitrogen and oxygen atoms in total. The van der Waals surface area contributed by atoms with Gasteiger partial charge >= 0.3 is 6.18 Å². The number of carbonyl (C=O) groups excluding carboxylic acids is 1. The highest BCUT2D eigenvalue weighted by Crippen LogP contribution is 2.28. The van der Waals surface area contributed by atoms with E-state index >= 15 is 0 Å². The maximum atomic E-state index is 12.8. The van der Waals surface area contributed by atoms with Gasteiger partial charge in [0, 0.05) is 16.7 Å². The Balaban J connectivity index is 2.33. The van der Waals surface area contributed by atoms with Crippen LogP contribution in [0.15, 0.2) is 10.8 Å². The van der Waals surface area contributed by atoms with Gasteiger partial charge in [-0.15, -0.1) is 22.7 Å². The number of alkyl halides is 3. The average molecular weight is 349 g/mol. The number of rotatable bonds is 4. The fourth-order valence-corrected chi connectivity index (χ4v) is 3.27. The Labute approximate surface area is 133 Å². The third kappa shape index (κ3) is 4.04. The average Bonchev–Trinajstić information content (AvgIpc) is 3.02. The van der Waals surface area contributed by atoms with Crippen LogP contribution in [-0.4, -0.2) is 28.6 Å². The summed E-state index contributed by atoms with van der Waals surface area (Å²) < 4.78 is 38.3. The number of nitrogens with zero attached hydrogens (tertiary/aromatic N) is 3. The van der Waals surface area contributed by atoms with Crippen molar-refractivity contribution in [2.24, 2.45) is 0 Å². The van der Waals surface area contributed by atoms with E-state index in [9.17, 15) is 18.0 Å². The quantitative estimate of drug-likeness (QED) is 0.829. The number of aryl methyl sites for hydroxylation is 1. The van der Waals surface area contributed by atoms with Gasteiger partial charge in [0.1, 0.15) is 12.2 Å². The normalized spacial score (nSPS) is 12.0. The van der Waals surface area contributed by atoms with Crippen molar-refractivity contribution in [2.45, 2.75) is 32.9 Å². The molecule has 9 heteroatoms. The standard InChI is InChI=1S/C13H14F3N3OS2/c1-7(2)10-18-9(5-21-10)11(20)19(6-13(14,15)16)12-17-8(3)4-22-12/h4-5,7H,6H2,1-3H3.